The van der Waals surface area contributed by atoms with E-state index in [0.717, 1.165) is 12.8 Å². The van der Waals surface area contributed by atoms with E-state index in [1.807, 2.05) is 6.21 Å². The second-order valence-corrected chi connectivity index (χ2v) is 6.13. The molecule has 0 unspecified atom stereocenters. The molecule has 1 amide bonds. The Morgan fingerprint density at radius 1 is 1.55 bits per heavy atom. The molecule has 0 heterocycles. The Kier molecular flexibility index (Phi) is 6.01. The van der Waals surface area contributed by atoms with Crippen molar-refractivity contribution in [2.75, 3.05) is 6.61 Å². The number of nitrogens with one attached hydrogen (secondary N) is 1. The lowest BCUT2D eigenvalue weighted by atomic mass is 9.82. The fourth-order valence-corrected chi connectivity index (χ4v) is 2.64. The number of carbonyl (C=O) groups is 1. The van der Waals surface area contributed by atoms with Crippen molar-refractivity contribution in [1.82, 2.24) is 5.43 Å². The van der Waals surface area contributed by atoms with E-state index in [-0.39, 0.29) is 12.5 Å². The molecular weight excluding hydrogens is 300 g/mol. The van der Waals surface area contributed by atoms with Gasteiger partial charge >= 0.3 is 0 Å². The highest BCUT2D eigenvalue weighted by Gasteiger charge is 2.18. The van der Waals surface area contributed by atoms with Crippen molar-refractivity contribution in [3.8, 4) is 5.75 Å². The van der Waals surface area contributed by atoms with Crippen LogP contribution in [0.1, 0.15) is 26.7 Å². The average Bonchev–Trinajstić information content (AvgIpc) is 2.47. The molecule has 0 saturated carbocycles. The van der Waals surface area contributed by atoms with Crippen molar-refractivity contribution in [1.29, 1.82) is 0 Å². The molecule has 0 radical (unpaired) electrons. The van der Waals surface area contributed by atoms with Gasteiger partial charge in [0, 0.05) is 17.2 Å². The summed E-state index contributed by atoms with van der Waals surface area (Å²) >= 11 is 5.84. The van der Waals surface area contributed by atoms with Crippen molar-refractivity contribution in [3.63, 3.8) is 0 Å². The number of nitrogens with zero attached hydrogens (tertiary/aromatic N) is 1. The molecule has 0 aromatic heterocycles. The molecule has 0 saturated heterocycles. The topological polar surface area (TPSA) is 50.7 Å². The zero-order valence-electron chi connectivity index (χ0n) is 12.9. The van der Waals surface area contributed by atoms with Crippen LogP contribution in [0.5, 0.6) is 5.75 Å². The molecule has 2 atom stereocenters. The molecule has 0 aliphatic heterocycles. The second-order valence-electron chi connectivity index (χ2n) is 5.69. The molecule has 1 N–H and O–H groups in total. The maximum absolute atomic E-state index is 11.7. The molecule has 0 spiro atoms. The van der Waals surface area contributed by atoms with Crippen molar-refractivity contribution >= 4 is 23.7 Å². The molecule has 1 aliphatic carbocycles. The fraction of sp³-hybridized carbons (Fsp3) is 0.412. The predicted molar refractivity (Wildman–Crippen MR) is 89.2 cm³/mol. The average molecular weight is 321 g/mol. The Bertz CT molecular complexity index is 584. The molecule has 118 valence electrons. The maximum atomic E-state index is 11.7. The minimum atomic E-state index is -0.286. The normalized spacial score (nSPS) is 21.5. The lowest BCUT2D eigenvalue weighted by molar-refractivity contribution is -0.123. The largest absolute Gasteiger partial charge is 0.484 e. The summed E-state index contributed by atoms with van der Waals surface area (Å²) in [5.74, 6) is 1.20. The van der Waals surface area contributed by atoms with Crippen LogP contribution in [-0.4, -0.2) is 18.7 Å². The van der Waals surface area contributed by atoms with E-state index in [4.69, 9.17) is 16.3 Å². The van der Waals surface area contributed by atoms with Gasteiger partial charge in [-0.3, -0.25) is 4.79 Å². The van der Waals surface area contributed by atoms with Crippen LogP contribution in [0.15, 0.2) is 41.0 Å². The van der Waals surface area contributed by atoms with Gasteiger partial charge in [-0.15, -0.1) is 0 Å². The molecular formula is C17H21ClN2O2. The first-order chi connectivity index (χ1) is 10.5. The van der Waals surface area contributed by atoms with E-state index in [1.54, 1.807) is 24.3 Å². The number of rotatable bonds is 5. The van der Waals surface area contributed by atoms with Gasteiger partial charge in [0.15, 0.2) is 6.61 Å². The number of amides is 1. The third-order valence-corrected chi connectivity index (χ3v) is 3.97. The van der Waals surface area contributed by atoms with Gasteiger partial charge in [-0.2, -0.15) is 5.10 Å². The monoisotopic (exact) mass is 320 g/mol. The number of hydrogen-bond donors (Lipinski definition) is 1. The standard InChI is InChI=1S/C17H21ClN2O2/c1-12-6-7-14(13(2)8-12)10-19-20-17(21)11-22-16-5-3-4-15(18)9-16/h3-6,9-10,13-14H,7-8,11H2,1-2H3,(H,20,21)/b19-10-/t13-,14+/m1/s1. The first kappa shape index (κ1) is 16.6. The summed E-state index contributed by atoms with van der Waals surface area (Å²) in [7, 11) is 0. The number of hydrogen-bond acceptors (Lipinski definition) is 3. The van der Waals surface area contributed by atoms with E-state index in [9.17, 15) is 4.79 Å². The van der Waals surface area contributed by atoms with E-state index < -0.39 is 0 Å². The van der Waals surface area contributed by atoms with Crippen LogP contribution in [0.4, 0.5) is 0 Å². The lowest BCUT2D eigenvalue weighted by Gasteiger charge is -2.24. The van der Waals surface area contributed by atoms with Gasteiger partial charge in [0.2, 0.25) is 0 Å². The number of hydrazone groups is 1. The Balaban J connectivity index is 1.74. The second kappa shape index (κ2) is 7.99. The van der Waals surface area contributed by atoms with Crippen molar-refractivity contribution in [2.45, 2.75) is 26.7 Å². The van der Waals surface area contributed by atoms with Gasteiger partial charge in [0.25, 0.3) is 5.91 Å². The van der Waals surface area contributed by atoms with Crippen LogP contribution in [0.3, 0.4) is 0 Å². The Hall–Kier alpha value is -1.81. The molecule has 22 heavy (non-hydrogen) atoms. The van der Waals surface area contributed by atoms with Gasteiger partial charge in [-0.25, -0.2) is 5.43 Å². The first-order valence-electron chi connectivity index (χ1n) is 7.40. The Labute approximate surface area is 136 Å². The molecule has 1 aliphatic rings. The van der Waals surface area contributed by atoms with Crippen LogP contribution in [0, 0.1) is 11.8 Å². The quantitative estimate of drug-likeness (QED) is 0.509. The van der Waals surface area contributed by atoms with Crippen LogP contribution < -0.4 is 10.2 Å². The summed E-state index contributed by atoms with van der Waals surface area (Å²) in [5, 5.41) is 4.61. The van der Waals surface area contributed by atoms with E-state index in [1.165, 1.54) is 5.57 Å². The van der Waals surface area contributed by atoms with Crippen molar-refractivity contribution < 1.29 is 9.53 Å². The summed E-state index contributed by atoms with van der Waals surface area (Å²) in [5.41, 5.74) is 3.93. The van der Waals surface area contributed by atoms with Crippen molar-refractivity contribution in [3.05, 3.63) is 40.9 Å². The summed E-state index contributed by atoms with van der Waals surface area (Å²) in [6.07, 6.45) is 6.12. The third-order valence-electron chi connectivity index (χ3n) is 3.73. The summed E-state index contributed by atoms with van der Waals surface area (Å²) in [6.45, 7) is 4.27. The zero-order valence-corrected chi connectivity index (χ0v) is 13.6. The number of allylic oxidation sites excluding steroid dienone is 2. The smallest absolute Gasteiger partial charge is 0.277 e. The number of carbonyl (C=O) groups excluding carboxylic acids is 1. The number of halogens is 1. The van der Waals surface area contributed by atoms with E-state index in [0.29, 0.717) is 22.6 Å². The minimum absolute atomic E-state index is 0.0864. The molecule has 0 bridgehead atoms. The molecule has 1 aromatic rings. The van der Waals surface area contributed by atoms with Gasteiger partial charge in [-0.05, 0) is 43.9 Å². The predicted octanol–water partition coefficient (Wildman–Crippen LogP) is 3.81. The lowest BCUT2D eigenvalue weighted by Crippen LogP contribution is -2.26. The molecule has 4 nitrogen and oxygen atoms in total. The fourth-order valence-electron chi connectivity index (χ4n) is 2.46. The molecule has 0 fully saturated rings. The summed E-state index contributed by atoms with van der Waals surface area (Å²) in [6, 6.07) is 6.94. The minimum Gasteiger partial charge on any atom is -0.484 e. The molecule has 2 rings (SSSR count). The summed E-state index contributed by atoms with van der Waals surface area (Å²) < 4.78 is 5.35. The highest BCUT2D eigenvalue weighted by Crippen LogP contribution is 2.27. The first-order valence-corrected chi connectivity index (χ1v) is 7.78. The number of ether oxygens (including phenoxy) is 1. The van der Waals surface area contributed by atoms with Gasteiger partial charge in [0.1, 0.15) is 5.75 Å². The summed E-state index contributed by atoms with van der Waals surface area (Å²) in [4.78, 5) is 11.7. The van der Waals surface area contributed by atoms with Crippen LogP contribution in [0.2, 0.25) is 5.02 Å². The van der Waals surface area contributed by atoms with Gasteiger partial charge in [0.05, 0.1) is 0 Å². The molecule has 5 heteroatoms. The van der Waals surface area contributed by atoms with E-state index >= 15 is 0 Å². The molecule has 1 aromatic carbocycles. The van der Waals surface area contributed by atoms with E-state index in [2.05, 4.69) is 30.5 Å². The van der Waals surface area contributed by atoms with Crippen LogP contribution in [-0.2, 0) is 4.79 Å². The SMILES string of the molecule is CC1=CC[C@@H](/C=N\NC(=O)COc2cccc(Cl)c2)[C@H](C)C1. The Morgan fingerprint density at radius 3 is 3.09 bits per heavy atom. The van der Waals surface area contributed by atoms with Crippen LogP contribution >= 0.6 is 11.6 Å². The number of benzene rings is 1. The van der Waals surface area contributed by atoms with Crippen molar-refractivity contribution in [2.24, 2.45) is 16.9 Å². The Morgan fingerprint density at radius 2 is 2.36 bits per heavy atom. The van der Waals surface area contributed by atoms with Gasteiger partial charge < -0.3 is 4.74 Å². The third kappa shape index (κ3) is 5.19. The highest BCUT2D eigenvalue weighted by molar-refractivity contribution is 6.30. The highest BCUT2D eigenvalue weighted by atomic mass is 35.5. The maximum Gasteiger partial charge on any atom is 0.277 e. The van der Waals surface area contributed by atoms with Crippen LogP contribution in [0.25, 0.3) is 0 Å². The zero-order chi connectivity index (χ0) is 15.9. The van der Waals surface area contributed by atoms with Gasteiger partial charge in [-0.1, -0.05) is 36.2 Å².